The third-order valence-electron chi connectivity index (χ3n) is 6.77. The van der Waals surface area contributed by atoms with Crippen molar-refractivity contribution in [1.29, 1.82) is 0 Å². The standard InChI is InChI=1S/C24H41NO4Si/c1-19-15-21(17-26)16-22(13-10-14-29-30(5,6)24(2,3)4)25(19)23(27)28-18-20-11-8-7-9-12-20/h7-9,11-12,19,21-22,26H,10,13-18H2,1-6H3/t19-,21-,22+/m0/s1. The number of ether oxygens (including phenoxy) is 1. The van der Waals surface area contributed by atoms with Crippen molar-refractivity contribution in [1.82, 2.24) is 4.90 Å². The van der Waals surface area contributed by atoms with E-state index in [0.29, 0.717) is 0 Å². The van der Waals surface area contributed by atoms with Crippen LogP contribution in [0.25, 0.3) is 0 Å². The zero-order valence-electron chi connectivity index (χ0n) is 19.7. The summed E-state index contributed by atoms with van der Waals surface area (Å²) in [7, 11) is -1.76. The van der Waals surface area contributed by atoms with Gasteiger partial charge in [0.05, 0.1) is 0 Å². The predicted octanol–water partition coefficient (Wildman–Crippen LogP) is 5.59. The molecular formula is C24H41NO4Si. The average Bonchev–Trinajstić information content (AvgIpc) is 2.69. The van der Waals surface area contributed by atoms with Crippen LogP contribution in [0.15, 0.2) is 30.3 Å². The van der Waals surface area contributed by atoms with Gasteiger partial charge in [-0.15, -0.1) is 0 Å². The Balaban J connectivity index is 1.95. The van der Waals surface area contributed by atoms with Crippen molar-refractivity contribution in [2.45, 2.75) is 90.2 Å². The fraction of sp³-hybridized carbons (Fsp3) is 0.708. The molecule has 3 atom stereocenters. The minimum atomic E-state index is -1.76. The van der Waals surface area contributed by atoms with Gasteiger partial charge in [-0.25, -0.2) is 4.79 Å². The van der Waals surface area contributed by atoms with Crippen molar-refractivity contribution in [2.24, 2.45) is 5.92 Å². The third-order valence-corrected chi connectivity index (χ3v) is 11.3. The van der Waals surface area contributed by atoms with E-state index < -0.39 is 8.32 Å². The largest absolute Gasteiger partial charge is 0.445 e. The maximum absolute atomic E-state index is 12.9. The van der Waals surface area contributed by atoms with E-state index in [4.69, 9.17) is 9.16 Å². The van der Waals surface area contributed by atoms with Crippen LogP contribution in [0.3, 0.4) is 0 Å². The van der Waals surface area contributed by atoms with Crippen LogP contribution in [-0.4, -0.2) is 49.7 Å². The van der Waals surface area contributed by atoms with Crippen LogP contribution in [0.2, 0.25) is 18.1 Å². The van der Waals surface area contributed by atoms with Crippen molar-refractivity contribution in [3.05, 3.63) is 35.9 Å². The van der Waals surface area contributed by atoms with Crippen molar-refractivity contribution >= 4 is 14.4 Å². The van der Waals surface area contributed by atoms with Crippen molar-refractivity contribution in [3.8, 4) is 0 Å². The Bertz CT molecular complexity index is 659. The minimum absolute atomic E-state index is 0.0606. The molecule has 0 aliphatic carbocycles. The molecule has 1 fully saturated rings. The zero-order chi connectivity index (χ0) is 22.4. The normalized spacial score (nSPS) is 22.8. The van der Waals surface area contributed by atoms with Gasteiger partial charge in [-0.3, -0.25) is 0 Å². The lowest BCUT2D eigenvalue weighted by molar-refractivity contribution is 0.0168. The van der Waals surface area contributed by atoms with Crippen LogP contribution in [0.4, 0.5) is 4.79 Å². The number of aliphatic hydroxyl groups is 1. The van der Waals surface area contributed by atoms with Gasteiger partial charge >= 0.3 is 6.09 Å². The lowest BCUT2D eigenvalue weighted by Crippen LogP contribution is -2.52. The first kappa shape index (κ1) is 24.9. The fourth-order valence-electron chi connectivity index (χ4n) is 3.94. The van der Waals surface area contributed by atoms with Crippen LogP contribution in [0.1, 0.15) is 58.9 Å². The first-order chi connectivity index (χ1) is 14.0. The summed E-state index contributed by atoms with van der Waals surface area (Å²) < 4.78 is 12.0. The summed E-state index contributed by atoms with van der Waals surface area (Å²) in [5.41, 5.74) is 0.989. The molecule has 0 radical (unpaired) electrons. The van der Waals surface area contributed by atoms with E-state index in [1.807, 2.05) is 35.2 Å². The molecule has 1 aromatic rings. The van der Waals surface area contributed by atoms with Gasteiger partial charge in [-0.2, -0.15) is 0 Å². The number of nitrogens with zero attached hydrogens (tertiary/aromatic N) is 1. The first-order valence-electron chi connectivity index (χ1n) is 11.3. The van der Waals surface area contributed by atoms with Crippen LogP contribution in [0.5, 0.6) is 0 Å². The summed E-state index contributed by atoms with van der Waals surface area (Å²) in [6.45, 7) is 14.5. The molecule has 1 N–H and O–H groups in total. The summed E-state index contributed by atoms with van der Waals surface area (Å²) in [6, 6.07) is 9.92. The number of benzene rings is 1. The molecule has 6 heteroatoms. The highest BCUT2D eigenvalue weighted by Crippen LogP contribution is 2.37. The SMILES string of the molecule is C[C@H]1C[C@H](CO)C[C@@H](CCCO[Si](C)(C)C(C)(C)C)N1C(=O)OCc1ccccc1. The highest BCUT2D eigenvalue weighted by atomic mass is 28.4. The van der Waals surface area contributed by atoms with E-state index >= 15 is 0 Å². The monoisotopic (exact) mass is 435 g/mol. The number of aliphatic hydroxyl groups excluding tert-OH is 1. The number of carbonyl (C=O) groups is 1. The molecule has 1 aliphatic heterocycles. The second kappa shape index (κ2) is 10.8. The van der Waals surface area contributed by atoms with Gasteiger partial charge in [0, 0.05) is 25.3 Å². The third kappa shape index (κ3) is 6.82. The zero-order valence-corrected chi connectivity index (χ0v) is 20.7. The maximum atomic E-state index is 12.9. The van der Waals surface area contributed by atoms with Crippen LogP contribution >= 0.6 is 0 Å². The van der Waals surface area contributed by atoms with Crippen molar-refractivity contribution in [2.75, 3.05) is 13.2 Å². The highest BCUT2D eigenvalue weighted by molar-refractivity contribution is 6.74. The number of likely N-dealkylation sites (tertiary alicyclic amines) is 1. The Kier molecular flexibility index (Phi) is 8.94. The molecule has 0 spiro atoms. The molecule has 2 rings (SSSR count). The van der Waals surface area contributed by atoms with E-state index in [1.165, 1.54) is 0 Å². The Morgan fingerprint density at radius 2 is 1.87 bits per heavy atom. The average molecular weight is 436 g/mol. The van der Waals surface area contributed by atoms with E-state index in [0.717, 1.165) is 37.9 Å². The molecule has 1 amide bonds. The summed E-state index contributed by atoms with van der Waals surface area (Å²) >= 11 is 0. The molecule has 1 saturated heterocycles. The molecule has 1 aliphatic rings. The van der Waals surface area contributed by atoms with E-state index in [9.17, 15) is 9.90 Å². The number of amides is 1. The number of rotatable bonds is 8. The molecule has 1 heterocycles. The maximum Gasteiger partial charge on any atom is 0.410 e. The molecular weight excluding hydrogens is 394 g/mol. The molecule has 170 valence electrons. The Morgan fingerprint density at radius 1 is 1.20 bits per heavy atom. The van der Waals surface area contributed by atoms with Crippen molar-refractivity contribution in [3.63, 3.8) is 0 Å². The van der Waals surface area contributed by atoms with Crippen LogP contribution in [0, 0.1) is 5.92 Å². The van der Waals surface area contributed by atoms with E-state index in [1.54, 1.807) is 0 Å². The lowest BCUT2D eigenvalue weighted by Gasteiger charge is -2.43. The lowest BCUT2D eigenvalue weighted by atomic mass is 9.85. The van der Waals surface area contributed by atoms with Crippen LogP contribution < -0.4 is 0 Å². The predicted molar refractivity (Wildman–Crippen MR) is 124 cm³/mol. The molecule has 0 unspecified atom stereocenters. The summed E-state index contributed by atoms with van der Waals surface area (Å²) in [5.74, 6) is 0.240. The van der Waals surface area contributed by atoms with Gasteiger partial charge in [0.15, 0.2) is 8.32 Å². The second-order valence-corrected chi connectivity index (χ2v) is 15.0. The van der Waals surface area contributed by atoms with E-state index in [-0.39, 0.29) is 42.3 Å². The van der Waals surface area contributed by atoms with Gasteiger partial charge in [-0.05, 0) is 62.2 Å². The van der Waals surface area contributed by atoms with Gasteiger partial charge in [0.1, 0.15) is 6.61 Å². The smallest absolute Gasteiger partial charge is 0.410 e. The summed E-state index contributed by atoms with van der Waals surface area (Å²) in [5, 5.41) is 9.91. The number of hydrogen-bond acceptors (Lipinski definition) is 4. The topological polar surface area (TPSA) is 59.0 Å². The fourth-order valence-corrected chi connectivity index (χ4v) is 5.03. The van der Waals surface area contributed by atoms with Gasteiger partial charge in [-0.1, -0.05) is 51.1 Å². The molecule has 0 aromatic heterocycles. The first-order valence-corrected chi connectivity index (χ1v) is 14.2. The van der Waals surface area contributed by atoms with Gasteiger partial charge in [0.2, 0.25) is 0 Å². The molecule has 1 aromatic carbocycles. The summed E-state index contributed by atoms with van der Waals surface area (Å²) in [6.07, 6.45) is 3.16. The molecule has 0 bridgehead atoms. The second-order valence-electron chi connectivity index (χ2n) is 10.2. The highest BCUT2D eigenvalue weighted by Gasteiger charge is 2.38. The number of carbonyl (C=O) groups excluding carboxylic acids is 1. The van der Waals surface area contributed by atoms with Gasteiger partial charge < -0.3 is 19.2 Å². The van der Waals surface area contributed by atoms with E-state index in [2.05, 4.69) is 40.8 Å². The Morgan fingerprint density at radius 3 is 2.47 bits per heavy atom. The Labute approximate surface area is 183 Å². The number of hydrogen-bond donors (Lipinski definition) is 1. The molecule has 0 saturated carbocycles. The van der Waals surface area contributed by atoms with Gasteiger partial charge in [0.25, 0.3) is 0 Å². The molecule has 30 heavy (non-hydrogen) atoms. The summed E-state index contributed by atoms with van der Waals surface area (Å²) in [4.78, 5) is 14.8. The Hall–Kier alpha value is -1.37. The quantitative estimate of drug-likeness (QED) is 0.427. The van der Waals surface area contributed by atoms with Crippen LogP contribution in [-0.2, 0) is 15.8 Å². The minimum Gasteiger partial charge on any atom is -0.445 e. The van der Waals surface area contributed by atoms with Crippen molar-refractivity contribution < 1.29 is 19.1 Å². The number of piperidine rings is 1. The molecule has 5 nitrogen and oxygen atoms in total.